The third kappa shape index (κ3) is 3.97. The first-order valence-electron chi connectivity index (χ1n) is 7.70. The second kappa shape index (κ2) is 6.61. The maximum absolute atomic E-state index is 11.6. The molecular formula is C18H21NO2. The summed E-state index contributed by atoms with van der Waals surface area (Å²) in [6.45, 7) is 1.42. The number of carbonyl (C=O) groups is 1. The Labute approximate surface area is 125 Å². The monoisotopic (exact) mass is 283 g/mol. The van der Waals surface area contributed by atoms with Crippen LogP contribution in [-0.2, 0) is 4.79 Å². The lowest BCUT2D eigenvalue weighted by molar-refractivity contribution is -0.121. The second-order valence-electron chi connectivity index (χ2n) is 5.68. The molecule has 3 heteroatoms. The summed E-state index contributed by atoms with van der Waals surface area (Å²) >= 11 is 0. The second-order valence-corrected chi connectivity index (χ2v) is 5.68. The van der Waals surface area contributed by atoms with Crippen molar-refractivity contribution in [1.82, 2.24) is 5.32 Å². The first-order valence-corrected chi connectivity index (χ1v) is 7.70. The number of nitrogens with one attached hydrogen (secondary N) is 1. The molecule has 2 aromatic carbocycles. The van der Waals surface area contributed by atoms with E-state index >= 15 is 0 Å². The minimum atomic E-state index is 0.142. The van der Waals surface area contributed by atoms with Gasteiger partial charge in [-0.05, 0) is 36.6 Å². The number of hydrogen-bond acceptors (Lipinski definition) is 2. The van der Waals surface area contributed by atoms with Crippen LogP contribution < -0.4 is 10.1 Å². The molecule has 0 saturated heterocycles. The Kier molecular flexibility index (Phi) is 4.39. The molecule has 0 aromatic heterocycles. The number of amides is 1. The molecule has 3 nitrogen and oxygen atoms in total. The van der Waals surface area contributed by atoms with Crippen molar-refractivity contribution in [1.29, 1.82) is 0 Å². The van der Waals surface area contributed by atoms with Crippen molar-refractivity contribution < 1.29 is 9.53 Å². The van der Waals surface area contributed by atoms with E-state index < -0.39 is 0 Å². The van der Waals surface area contributed by atoms with E-state index in [1.807, 2.05) is 24.3 Å². The third-order valence-electron chi connectivity index (χ3n) is 3.84. The zero-order valence-electron chi connectivity index (χ0n) is 12.2. The van der Waals surface area contributed by atoms with E-state index in [4.69, 9.17) is 4.74 Å². The van der Waals surface area contributed by atoms with Crippen molar-refractivity contribution in [3.63, 3.8) is 0 Å². The lowest BCUT2D eigenvalue weighted by atomic mass is 10.1. The smallest absolute Gasteiger partial charge is 0.220 e. The number of rotatable bonds is 7. The van der Waals surface area contributed by atoms with Crippen molar-refractivity contribution in [2.24, 2.45) is 5.92 Å². The molecule has 1 fully saturated rings. The van der Waals surface area contributed by atoms with Gasteiger partial charge < -0.3 is 10.1 Å². The average Bonchev–Trinajstić information content (AvgIpc) is 3.34. The zero-order valence-corrected chi connectivity index (χ0v) is 12.2. The fourth-order valence-corrected chi connectivity index (χ4v) is 2.40. The van der Waals surface area contributed by atoms with Crippen LogP contribution >= 0.6 is 0 Å². The van der Waals surface area contributed by atoms with Crippen LogP contribution in [0.3, 0.4) is 0 Å². The number of hydrogen-bond donors (Lipinski definition) is 1. The van der Waals surface area contributed by atoms with Gasteiger partial charge in [-0.2, -0.15) is 0 Å². The Balaban J connectivity index is 1.44. The summed E-state index contributed by atoms with van der Waals surface area (Å²) in [7, 11) is 0. The topological polar surface area (TPSA) is 38.3 Å². The van der Waals surface area contributed by atoms with Crippen molar-refractivity contribution in [3.05, 3.63) is 42.5 Å². The van der Waals surface area contributed by atoms with Gasteiger partial charge in [0.15, 0.2) is 0 Å². The molecule has 110 valence electrons. The van der Waals surface area contributed by atoms with Crippen LogP contribution in [0.2, 0.25) is 0 Å². The fraction of sp³-hybridized carbons (Fsp3) is 0.389. The summed E-state index contributed by atoms with van der Waals surface area (Å²) in [5, 5.41) is 5.28. The molecule has 1 aliphatic rings. The van der Waals surface area contributed by atoms with Crippen LogP contribution in [0.4, 0.5) is 0 Å². The van der Waals surface area contributed by atoms with E-state index in [2.05, 4.69) is 23.5 Å². The molecular weight excluding hydrogens is 262 g/mol. The van der Waals surface area contributed by atoms with Gasteiger partial charge in [0.05, 0.1) is 6.61 Å². The highest BCUT2D eigenvalue weighted by Crippen LogP contribution is 2.27. The van der Waals surface area contributed by atoms with Crippen LogP contribution in [0.15, 0.2) is 42.5 Å². The molecule has 0 unspecified atom stereocenters. The number of ether oxygens (including phenoxy) is 1. The van der Waals surface area contributed by atoms with Gasteiger partial charge in [0.25, 0.3) is 0 Å². The molecule has 0 aliphatic heterocycles. The average molecular weight is 283 g/mol. The lowest BCUT2D eigenvalue weighted by Crippen LogP contribution is -2.25. The molecule has 0 bridgehead atoms. The zero-order chi connectivity index (χ0) is 14.5. The van der Waals surface area contributed by atoms with Crippen LogP contribution in [-0.4, -0.2) is 19.1 Å². The molecule has 1 amide bonds. The summed E-state index contributed by atoms with van der Waals surface area (Å²) in [6, 6.07) is 14.2. The van der Waals surface area contributed by atoms with Crippen LogP contribution in [0.25, 0.3) is 10.8 Å². The predicted molar refractivity (Wildman–Crippen MR) is 84.4 cm³/mol. The van der Waals surface area contributed by atoms with Crippen LogP contribution in [0.1, 0.15) is 25.7 Å². The molecule has 3 rings (SSSR count). The Morgan fingerprint density at radius 1 is 1.14 bits per heavy atom. The maximum atomic E-state index is 11.6. The third-order valence-corrected chi connectivity index (χ3v) is 3.84. The molecule has 0 heterocycles. The minimum Gasteiger partial charge on any atom is -0.493 e. The SMILES string of the molecule is O=C(CCCOc1cccc2ccccc12)NCC1CC1. The highest BCUT2D eigenvalue weighted by molar-refractivity contribution is 5.88. The van der Waals surface area contributed by atoms with Crippen molar-refractivity contribution >= 4 is 16.7 Å². The normalized spacial score (nSPS) is 14.1. The van der Waals surface area contributed by atoms with Gasteiger partial charge in [-0.3, -0.25) is 4.79 Å². The number of carbonyl (C=O) groups excluding carboxylic acids is 1. The van der Waals surface area contributed by atoms with E-state index in [1.54, 1.807) is 0 Å². The van der Waals surface area contributed by atoms with E-state index in [1.165, 1.54) is 18.2 Å². The van der Waals surface area contributed by atoms with E-state index in [-0.39, 0.29) is 5.91 Å². The molecule has 2 aromatic rings. The number of benzene rings is 2. The van der Waals surface area contributed by atoms with E-state index in [0.29, 0.717) is 13.0 Å². The molecule has 0 spiro atoms. The largest absolute Gasteiger partial charge is 0.493 e. The van der Waals surface area contributed by atoms with Gasteiger partial charge in [0.2, 0.25) is 5.91 Å². The van der Waals surface area contributed by atoms with Crippen LogP contribution in [0.5, 0.6) is 5.75 Å². The summed E-state index contributed by atoms with van der Waals surface area (Å²) in [5.41, 5.74) is 0. The Hall–Kier alpha value is -2.03. The molecule has 0 radical (unpaired) electrons. The summed E-state index contributed by atoms with van der Waals surface area (Å²) in [4.78, 5) is 11.6. The highest BCUT2D eigenvalue weighted by atomic mass is 16.5. The van der Waals surface area contributed by atoms with Gasteiger partial charge in [-0.25, -0.2) is 0 Å². The lowest BCUT2D eigenvalue weighted by Gasteiger charge is -2.09. The van der Waals surface area contributed by atoms with E-state index in [0.717, 1.165) is 30.0 Å². The van der Waals surface area contributed by atoms with Crippen LogP contribution in [0, 0.1) is 5.92 Å². The van der Waals surface area contributed by atoms with Gasteiger partial charge in [0, 0.05) is 18.4 Å². The molecule has 1 N–H and O–H groups in total. The van der Waals surface area contributed by atoms with Gasteiger partial charge in [-0.15, -0.1) is 0 Å². The van der Waals surface area contributed by atoms with E-state index in [9.17, 15) is 4.79 Å². The maximum Gasteiger partial charge on any atom is 0.220 e. The van der Waals surface area contributed by atoms with Gasteiger partial charge >= 0.3 is 0 Å². The van der Waals surface area contributed by atoms with Gasteiger partial charge in [-0.1, -0.05) is 36.4 Å². The molecule has 0 atom stereocenters. The highest BCUT2D eigenvalue weighted by Gasteiger charge is 2.21. The molecule has 21 heavy (non-hydrogen) atoms. The van der Waals surface area contributed by atoms with Gasteiger partial charge in [0.1, 0.15) is 5.75 Å². The predicted octanol–water partition coefficient (Wildman–Crippen LogP) is 3.53. The van der Waals surface area contributed by atoms with Crippen molar-refractivity contribution in [3.8, 4) is 5.75 Å². The Morgan fingerprint density at radius 2 is 1.95 bits per heavy atom. The number of fused-ring (bicyclic) bond motifs is 1. The first-order chi connectivity index (χ1) is 10.3. The molecule has 1 saturated carbocycles. The molecule has 1 aliphatic carbocycles. The summed E-state index contributed by atoms with van der Waals surface area (Å²) in [6.07, 6.45) is 3.83. The summed E-state index contributed by atoms with van der Waals surface area (Å²) in [5.74, 6) is 1.77. The minimum absolute atomic E-state index is 0.142. The van der Waals surface area contributed by atoms with Crippen molar-refractivity contribution in [2.45, 2.75) is 25.7 Å². The Morgan fingerprint density at radius 3 is 2.81 bits per heavy atom. The van der Waals surface area contributed by atoms with Crippen molar-refractivity contribution in [2.75, 3.05) is 13.2 Å². The first kappa shape index (κ1) is 13.9. The standard InChI is InChI=1S/C18H21NO2/c20-18(19-13-14-10-11-14)9-4-12-21-17-8-3-6-15-5-1-2-7-16(15)17/h1-3,5-8,14H,4,9-13H2,(H,19,20). The fourth-order valence-electron chi connectivity index (χ4n) is 2.40. The Bertz CT molecular complexity index is 614. The quantitative estimate of drug-likeness (QED) is 0.789. The summed E-state index contributed by atoms with van der Waals surface area (Å²) < 4.78 is 5.83.